The zero-order valence-electron chi connectivity index (χ0n) is 12.5. The molecule has 0 aromatic heterocycles. The molecule has 1 heterocycles. The van der Waals surface area contributed by atoms with Gasteiger partial charge in [0.2, 0.25) is 11.8 Å². The van der Waals surface area contributed by atoms with Crippen molar-refractivity contribution in [3.63, 3.8) is 0 Å². The molecular formula is C18H15Cl2NO2. The fourth-order valence-electron chi connectivity index (χ4n) is 2.87. The molecule has 2 aromatic rings. The summed E-state index contributed by atoms with van der Waals surface area (Å²) in [6.45, 7) is 1.80. The molecule has 3 nitrogen and oxygen atoms in total. The van der Waals surface area contributed by atoms with Crippen molar-refractivity contribution < 1.29 is 9.59 Å². The number of hydrogen-bond acceptors (Lipinski definition) is 2. The Labute approximate surface area is 144 Å². The highest BCUT2D eigenvalue weighted by Gasteiger charge is 2.45. The predicted molar refractivity (Wildman–Crippen MR) is 91.8 cm³/mol. The van der Waals surface area contributed by atoms with E-state index < -0.39 is 0 Å². The van der Waals surface area contributed by atoms with E-state index in [0.717, 1.165) is 5.56 Å². The van der Waals surface area contributed by atoms with Gasteiger partial charge in [-0.3, -0.25) is 14.5 Å². The zero-order chi connectivity index (χ0) is 16.6. The average Bonchev–Trinajstić information content (AvgIpc) is 2.73. The zero-order valence-corrected chi connectivity index (χ0v) is 14.0. The first kappa shape index (κ1) is 16.0. The number of carbonyl (C=O) groups is 2. The van der Waals surface area contributed by atoms with Gasteiger partial charge in [0.1, 0.15) is 0 Å². The quantitative estimate of drug-likeness (QED) is 0.773. The van der Waals surface area contributed by atoms with Crippen molar-refractivity contribution >= 4 is 40.7 Å². The standard InChI is InChI=1S/C18H15Cl2NO2/c1-11-16(9-12-5-7-13(19)8-6-12)18(23)21(17(11)22)15-4-2-3-14(20)10-15/h2-8,10-11,16H,9H2,1H3. The molecule has 2 aromatic carbocycles. The van der Waals surface area contributed by atoms with Crippen LogP contribution in [0, 0.1) is 11.8 Å². The average molecular weight is 348 g/mol. The van der Waals surface area contributed by atoms with Crippen LogP contribution in [0.3, 0.4) is 0 Å². The normalized spacial score (nSPS) is 21.1. The molecule has 0 radical (unpaired) electrons. The number of rotatable bonds is 3. The van der Waals surface area contributed by atoms with Crippen molar-refractivity contribution in [2.45, 2.75) is 13.3 Å². The first-order valence-corrected chi connectivity index (χ1v) is 8.11. The third kappa shape index (κ3) is 3.12. The van der Waals surface area contributed by atoms with Crippen molar-refractivity contribution in [2.75, 3.05) is 4.90 Å². The molecule has 0 bridgehead atoms. The van der Waals surface area contributed by atoms with Gasteiger partial charge in [0.25, 0.3) is 0 Å². The number of benzene rings is 2. The van der Waals surface area contributed by atoms with Crippen LogP contribution in [0.1, 0.15) is 12.5 Å². The summed E-state index contributed by atoms with van der Waals surface area (Å²) >= 11 is 11.9. The second kappa shape index (κ2) is 6.34. The Morgan fingerprint density at radius 2 is 1.65 bits per heavy atom. The van der Waals surface area contributed by atoms with Gasteiger partial charge < -0.3 is 0 Å². The van der Waals surface area contributed by atoms with E-state index in [1.165, 1.54) is 4.90 Å². The third-order valence-electron chi connectivity index (χ3n) is 4.19. The molecular weight excluding hydrogens is 333 g/mol. The molecule has 2 unspecified atom stereocenters. The largest absolute Gasteiger partial charge is 0.274 e. The number of hydrogen-bond donors (Lipinski definition) is 0. The Balaban J connectivity index is 1.87. The first-order chi connectivity index (χ1) is 11.0. The van der Waals surface area contributed by atoms with Gasteiger partial charge in [0.05, 0.1) is 11.6 Å². The monoisotopic (exact) mass is 347 g/mol. The summed E-state index contributed by atoms with van der Waals surface area (Å²) in [4.78, 5) is 26.5. The maximum absolute atomic E-state index is 12.7. The van der Waals surface area contributed by atoms with Crippen LogP contribution in [-0.2, 0) is 16.0 Å². The number of carbonyl (C=O) groups excluding carboxylic acids is 2. The van der Waals surface area contributed by atoms with E-state index in [-0.39, 0.29) is 23.7 Å². The summed E-state index contributed by atoms with van der Waals surface area (Å²) in [6.07, 6.45) is 0.514. The molecule has 0 saturated carbocycles. The lowest BCUT2D eigenvalue weighted by Gasteiger charge is -2.15. The Bertz CT molecular complexity index is 758. The minimum atomic E-state index is -0.373. The van der Waals surface area contributed by atoms with E-state index in [4.69, 9.17) is 23.2 Å². The van der Waals surface area contributed by atoms with Gasteiger partial charge in [-0.2, -0.15) is 0 Å². The van der Waals surface area contributed by atoms with E-state index in [1.54, 1.807) is 43.3 Å². The summed E-state index contributed by atoms with van der Waals surface area (Å²) < 4.78 is 0. The van der Waals surface area contributed by atoms with Crippen LogP contribution >= 0.6 is 23.2 Å². The molecule has 23 heavy (non-hydrogen) atoms. The minimum absolute atomic E-state index is 0.181. The second-order valence-electron chi connectivity index (χ2n) is 5.72. The summed E-state index contributed by atoms with van der Waals surface area (Å²) in [5.74, 6) is -1.10. The fraction of sp³-hybridized carbons (Fsp3) is 0.222. The summed E-state index contributed by atoms with van der Waals surface area (Å²) in [6, 6.07) is 14.1. The van der Waals surface area contributed by atoms with Crippen molar-refractivity contribution in [1.82, 2.24) is 0 Å². The Morgan fingerprint density at radius 1 is 0.957 bits per heavy atom. The van der Waals surface area contributed by atoms with Gasteiger partial charge >= 0.3 is 0 Å². The number of imide groups is 1. The van der Waals surface area contributed by atoms with Crippen LogP contribution in [0.25, 0.3) is 0 Å². The van der Waals surface area contributed by atoms with Crippen molar-refractivity contribution in [3.05, 3.63) is 64.1 Å². The SMILES string of the molecule is CC1C(=O)N(c2cccc(Cl)c2)C(=O)C1Cc1ccc(Cl)cc1. The van der Waals surface area contributed by atoms with E-state index in [0.29, 0.717) is 22.2 Å². The number of nitrogens with zero attached hydrogens (tertiary/aromatic N) is 1. The van der Waals surface area contributed by atoms with Gasteiger partial charge in [-0.1, -0.05) is 48.3 Å². The highest BCUT2D eigenvalue weighted by molar-refractivity contribution is 6.31. The summed E-state index contributed by atoms with van der Waals surface area (Å²) in [5, 5.41) is 1.15. The van der Waals surface area contributed by atoms with Crippen LogP contribution in [-0.4, -0.2) is 11.8 Å². The topological polar surface area (TPSA) is 37.4 Å². The molecule has 2 atom stereocenters. The van der Waals surface area contributed by atoms with Crippen LogP contribution in [0.4, 0.5) is 5.69 Å². The Hall–Kier alpha value is -1.84. The first-order valence-electron chi connectivity index (χ1n) is 7.35. The molecule has 1 aliphatic rings. The predicted octanol–water partition coefficient (Wildman–Crippen LogP) is 4.36. The van der Waals surface area contributed by atoms with Crippen LogP contribution in [0.15, 0.2) is 48.5 Å². The molecule has 2 amide bonds. The van der Waals surface area contributed by atoms with Crippen molar-refractivity contribution in [1.29, 1.82) is 0 Å². The molecule has 5 heteroatoms. The Kier molecular flexibility index (Phi) is 4.42. The van der Waals surface area contributed by atoms with Gasteiger partial charge in [0.15, 0.2) is 0 Å². The lowest BCUT2D eigenvalue weighted by atomic mass is 9.90. The summed E-state index contributed by atoms with van der Waals surface area (Å²) in [5.41, 5.74) is 1.51. The molecule has 1 aliphatic heterocycles. The highest BCUT2D eigenvalue weighted by atomic mass is 35.5. The Morgan fingerprint density at radius 3 is 2.30 bits per heavy atom. The third-order valence-corrected chi connectivity index (χ3v) is 4.67. The highest BCUT2D eigenvalue weighted by Crippen LogP contribution is 2.34. The second-order valence-corrected chi connectivity index (χ2v) is 6.59. The van der Waals surface area contributed by atoms with E-state index in [9.17, 15) is 9.59 Å². The summed E-state index contributed by atoms with van der Waals surface area (Å²) in [7, 11) is 0. The van der Waals surface area contributed by atoms with Crippen molar-refractivity contribution in [3.8, 4) is 0 Å². The lowest BCUT2D eigenvalue weighted by molar-refractivity contribution is -0.122. The molecule has 0 N–H and O–H groups in total. The van der Waals surface area contributed by atoms with Crippen molar-refractivity contribution in [2.24, 2.45) is 11.8 Å². The molecule has 3 rings (SSSR count). The van der Waals surface area contributed by atoms with E-state index in [2.05, 4.69) is 0 Å². The van der Waals surface area contributed by atoms with Gasteiger partial charge in [-0.25, -0.2) is 0 Å². The maximum atomic E-state index is 12.7. The number of halogens is 2. The maximum Gasteiger partial charge on any atom is 0.238 e. The molecule has 0 aliphatic carbocycles. The molecule has 0 spiro atoms. The van der Waals surface area contributed by atoms with Crippen LogP contribution in [0.2, 0.25) is 10.0 Å². The smallest absolute Gasteiger partial charge is 0.238 e. The number of anilines is 1. The molecule has 1 fully saturated rings. The van der Waals surface area contributed by atoms with E-state index >= 15 is 0 Å². The molecule has 118 valence electrons. The molecule has 1 saturated heterocycles. The lowest BCUT2D eigenvalue weighted by Crippen LogP contribution is -2.31. The van der Waals surface area contributed by atoms with Gasteiger partial charge in [0, 0.05) is 16.0 Å². The fourth-order valence-corrected chi connectivity index (χ4v) is 3.18. The minimum Gasteiger partial charge on any atom is -0.274 e. The van der Waals surface area contributed by atoms with Gasteiger partial charge in [-0.05, 0) is 42.3 Å². The van der Waals surface area contributed by atoms with Crippen LogP contribution in [0.5, 0.6) is 0 Å². The van der Waals surface area contributed by atoms with Gasteiger partial charge in [-0.15, -0.1) is 0 Å². The van der Waals surface area contributed by atoms with E-state index in [1.807, 2.05) is 12.1 Å². The van der Waals surface area contributed by atoms with Crippen LogP contribution < -0.4 is 4.90 Å². The number of amides is 2.